The van der Waals surface area contributed by atoms with Gasteiger partial charge in [0, 0.05) is 11.8 Å². The summed E-state index contributed by atoms with van der Waals surface area (Å²) in [7, 11) is 0. The number of aliphatic imine (C=N–C) groups is 1. The van der Waals surface area contributed by atoms with Gasteiger partial charge in [-0.15, -0.1) is 0 Å². The number of halogens is 1. The van der Waals surface area contributed by atoms with Crippen molar-refractivity contribution in [2.45, 2.75) is 25.9 Å². The first-order chi connectivity index (χ1) is 10.2. The van der Waals surface area contributed by atoms with Crippen molar-refractivity contribution in [1.29, 1.82) is 0 Å². The van der Waals surface area contributed by atoms with E-state index in [0.29, 0.717) is 17.8 Å². The predicted molar refractivity (Wildman–Crippen MR) is 82.2 cm³/mol. The summed E-state index contributed by atoms with van der Waals surface area (Å²) < 4.78 is 14.0. The van der Waals surface area contributed by atoms with E-state index in [-0.39, 0.29) is 11.9 Å². The van der Waals surface area contributed by atoms with Crippen LogP contribution in [0.1, 0.15) is 18.9 Å². The van der Waals surface area contributed by atoms with Gasteiger partial charge in [0.15, 0.2) is 0 Å². The number of amidine groups is 1. The maximum atomic E-state index is 14.0. The molecule has 0 radical (unpaired) electrons. The van der Waals surface area contributed by atoms with Crippen LogP contribution >= 0.6 is 0 Å². The minimum absolute atomic E-state index is 0.193. The molecule has 2 N–H and O–H groups in total. The molecule has 3 rings (SSSR count). The molecule has 0 fully saturated rings. The lowest BCUT2D eigenvalue weighted by atomic mass is 10.1. The SMILES string of the molecule is CC[C@H](N)C1=Nc2cccc(F)c2CN1c1cccnc1. The van der Waals surface area contributed by atoms with Gasteiger partial charge in [-0.1, -0.05) is 13.0 Å². The van der Waals surface area contributed by atoms with Gasteiger partial charge in [-0.25, -0.2) is 9.38 Å². The number of pyridine rings is 1. The fourth-order valence-corrected chi connectivity index (χ4v) is 2.43. The second kappa shape index (κ2) is 5.61. The number of nitrogens with zero attached hydrogens (tertiary/aromatic N) is 3. The van der Waals surface area contributed by atoms with Crippen molar-refractivity contribution in [3.8, 4) is 0 Å². The second-order valence-corrected chi connectivity index (χ2v) is 5.02. The zero-order valence-electron chi connectivity index (χ0n) is 11.8. The van der Waals surface area contributed by atoms with Crippen molar-refractivity contribution in [3.63, 3.8) is 0 Å². The van der Waals surface area contributed by atoms with E-state index in [9.17, 15) is 4.39 Å². The van der Waals surface area contributed by atoms with Crippen LogP contribution in [0.4, 0.5) is 15.8 Å². The number of aromatic nitrogens is 1. The van der Waals surface area contributed by atoms with E-state index in [1.807, 2.05) is 30.0 Å². The molecule has 108 valence electrons. The summed E-state index contributed by atoms with van der Waals surface area (Å²) in [5, 5.41) is 0. The molecule has 4 nitrogen and oxygen atoms in total. The van der Waals surface area contributed by atoms with Crippen molar-refractivity contribution in [2.75, 3.05) is 4.90 Å². The lowest BCUT2D eigenvalue weighted by Crippen LogP contribution is -2.45. The van der Waals surface area contributed by atoms with Crippen molar-refractivity contribution >= 4 is 17.2 Å². The Morgan fingerprint density at radius 2 is 2.19 bits per heavy atom. The molecule has 0 aliphatic carbocycles. The van der Waals surface area contributed by atoms with Crippen LogP contribution in [0.15, 0.2) is 47.7 Å². The third-order valence-electron chi connectivity index (χ3n) is 3.65. The van der Waals surface area contributed by atoms with E-state index in [1.165, 1.54) is 6.07 Å². The average molecular weight is 284 g/mol. The van der Waals surface area contributed by atoms with Crippen LogP contribution in [0, 0.1) is 5.82 Å². The number of fused-ring (bicyclic) bond motifs is 1. The molecule has 0 bridgehead atoms. The smallest absolute Gasteiger partial charge is 0.130 e. The zero-order chi connectivity index (χ0) is 14.8. The average Bonchev–Trinajstić information content (AvgIpc) is 2.54. The highest BCUT2D eigenvalue weighted by Gasteiger charge is 2.26. The molecule has 0 unspecified atom stereocenters. The number of rotatable bonds is 3. The number of nitrogens with two attached hydrogens (primary N) is 1. The minimum Gasteiger partial charge on any atom is -0.322 e. The van der Waals surface area contributed by atoms with Gasteiger partial charge in [-0.2, -0.15) is 0 Å². The summed E-state index contributed by atoms with van der Waals surface area (Å²) in [5.74, 6) is 0.512. The maximum absolute atomic E-state index is 14.0. The summed E-state index contributed by atoms with van der Waals surface area (Å²) in [6.45, 7) is 2.43. The third-order valence-corrected chi connectivity index (χ3v) is 3.65. The van der Waals surface area contributed by atoms with Gasteiger partial charge in [0.1, 0.15) is 11.7 Å². The molecule has 0 amide bonds. The molecular weight excluding hydrogens is 267 g/mol. The van der Waals surface area contributed by atoms with E-state index in [2.05, 4.69) is 9.98 Å². The Hall–Kier alpha value is -2.27. The Bertz CT molecular complexity index is 669. The number of benzene rings is 1. The quantitative estimate of drug-likeness (QED) is 0.942. The van der Waals surface area contributed by atoms with E-state index in [0.717, 1.165) is 17.9 Å². The standard InChI is InChI=1S/C16H17FN4/c1-2-14(18)16-20-15-7-3-6-13(17)12(15)10-21(16)11-5-4-8-19-9-11/h3-9,14H,2,10,18H2,1H3/t14-/m0/s1. The summed E-state index contributed by atoms with van der Waals surface area (Å²) in [6, 6.07) is 8.54. The van der Waals surface area contributed by atoms with Gasteiger partial charge in [-0.05, 0) is 30.7 Å². The largest absolute Gasteiger partial charge is 0.322 e. The van der Waals surface area contributed by atoms with Crippen LogP contribution in [0.5, 0.6) is 0 Å². The molecule has 1 aromatic carbocycles. The highest BCUT2D eigenvalue weighted by Crippen LogP contribution is 2.31. The van der Waals surface area contributed by atoms with Crippen LogP contribution in [-0.4, -0.2) is 16.9 Å². The van der Waals surface area contributed by atoms with Gasteiger partial charge >= 0.3 is 0 Å². The Kier molecular flexibility index (Phi) is 3.66. The topological polar surface area (TPSA) is 54.5 Å². The summed E-state index contributed by atoms with van der Waals surface area (Å²) in [6.07, 6.45) is 4.21. The Labute approximate surface area is 123 Å². The molecule has 1 atom stereocenters. The molecule has 2 heterocycles. The first-order valence-electron chi connectivity index (χ1n) is 6.99. The fourth-order valence-electron chi connectivity index (χ4n) is 2.43. The van der Waals surface area contributed by atoms with Crippen LogP contribution < -0.4 is 10.6 Å². The fraction of sp³-hybridized carbons (Fsp3) is 0.250. The van der Waals surface area contributed by atoms with Gasteiger partial charge in [0.2, 0.25) is 0 Å². The highest BCUT2D eigenvalue weighted by molar-refractivity contribution is 6.04. The van der Waals surface area contributed by atoms with Crippen LogP contribution in [-0.2, 0) is 6.54 Å². The summed E-state index contributed by atoms with van der Waals surface area (Å²) in [5.41, 5.74) is 8.31. The maximum Gasteiger partial charge on any atom is 0.130 e. The number of anilines is 1. The molecule has 5 heteroatoms. The molecule has 1 aromatic heterocycles. The molecular formula is C16H17FN4. The third kappa shape index (κ3) is 2.52. The molecule has 2 aromatic rings. The minimum atomic E-state index is -0.241. The van der Waals surface area contributed by atoms with E-state index >= 15 is 0 Å². The van der Waals surface area contributed by atoms with E-state index in [1.54, 1.807) is 18.5 Å². The Morgan fingerprint density at radius 3 is 2.90 bits per heavy atom. The van der Waals surface area contributed by atoms with Gasteiger partial charge < -0.3 is 10.6 Å². The van der Waals surface area contributed by atoms with Crippen molar-refractivity contribution in [1.82, 2.24) is 4.98 Å². The molecule has 1 aliphatic heterocycles. The zero-order valence-corrected chi connectivity index (χ0v) is 11.8. The van der Waals surface area contributed by atoms with Gasteiger partial charge in [0.25, 0.3) is 0 Å². The predicted octanol–water partition coefficient (Wildman–Crippen LogP) is 3.01. The van der Waals surface area contributed by atoms with Crippen molar-refractivity contribution in [3.05, 3.63) is 54.1 Å². The van der Waals surface area contributed by atoms with Gasteiger partial charge in [0.05, 0.1) is 30.2 Å². The molecule has 0 saturated carbocycles. The van der Waals surface area contributed by atoms with E-state index < -0.39 is 0 Å². The Morgan fingerprint density at radius 1 is 1.33 bits per heavy atom. The summed E-state index contributed by atoms with van der Waals surface area (Å²) >= 11 is 0. The number of hydrogen-bond acceptors (Lipinski definition) is 4. The molecule has 0 spiro atoms. The molecule has 0 saturated heterocycles. The lowest BCUT2D eigenvalue weighted by Gasteiger charge is -2.33. The van der Waals surface area contributed by atoms with E-state index in [4.69, 9.17) is 5.73 Å². The van der Waals surface area contributed by atoms with Crippen molar-refractivity contribution < 1.29 is 4.39 Å². The second-order valence-electron chi connectivity index (χ2n) is 5.02. The van der Waals surface area contributed by atoms with Crippen molar-refractivity contribution in [2.24, 2.45) is 10.7 Å². The Balaban J connectivity index is 2.10. The lowest BCUT2D eigenvalue weighted by molar-refractivity contribution is 0.608. The molecule has 21 heavy (non-hydrogen) atoms. The van der Waals surface area contributed by atoms with Gasteiger partial charge in [-0.3, -0.25) is 4.98 Å². The normalized spacial score (nSPS) is 15.4. The number of hydrogen-bond donors (Lipinski definition) is 1. The highest BCUT2D eigenvalue weighted by atomic mass is 19.1. The summed E-state index contributed by atoms with van der Waals surface area (Å²) in [4.78, 5) is 10.6. The first-order valence-corrected chi connectivity index (χ1v) is 6.99. The first kappa shape index (κ1) is 13.7. The monoisotopic (exact) mass is 284 g/mol. The molecule has 1 aliphatic rings. The van der Waals surface area contributed by atoms with Crippen LogP contribution in [0.25, 0.3) is 0 Å². The van der Waals surface area contributed by atoms with Crippen LogP contribution in [0.2, 0.25) is 0 Å². The van der Waals surface area contributed by atoms with Crippen LogP contribution in [0.3, 0.4) is 0 Å².